The van der Waals surface area contributed by atoms with Gasteiger partial charge in [-0.3, -0.25) is 4.79 Å². The minimum atomic E-state index is -4.36. The summed E-state index contributed by atoms with van der Waals surface area (Å²) in [4.78, 5) is 13.1. The Bertz CT molecular complexity index is 265. The maximum absolute atomic E-state index is 11.8. The summed E-state index contributed by atoms with van der Waals surface area (Å²) in [5.74, 6) is -0.645. The van der Waals surface area contributed by atoms with Gasteiger partial charge in [0, 0.05) is 13.1 Å². The first-order chi connectivity index (χ1) is 8.02. The van der Waals surface area contributed by atoms with Crippen LogP contribution in [0, 0.1) is 5.41 Å². The molecule has 0 heterocycles. The third-order valence-electron chi connectivity index (χ3n) is 2.12. The van der Waals surface area contributed by atoms with Crippen LogP contribution >= 0.6 is 0 Å². The minimum Gasteiger partial charge on any atom is -0.346 e. The SMILES string of the molecule is CN(C)CC(C)(C)CNCC(=O)NCC(F)(F)F. The second kappa shape index (κ2) is 6.94. The fraction of sp³-hybridized carbons (Fsp3) is 0.909. The zero-order valence-electron chi connectivity index (χ0n) is 11.3. The predicted molar refractivity (Wildman–Crippen MR) is 64.3 cm³/mol. The lowest BCUT2D eigenvalue weighted by molar-refractivity contribution is -0.137. The van der Waals surface area contributed by atoms with E-state index < -0.39 is 18.6 Å². The third-order valence-corrected chi connectivity index (χ3v) is 2.12. The van der Waals surface area contributed by atoms with Gasteiger partial charge in [0.1, 0.15) is 6.54 Å². The third kappa shape index (κ3) is 10.3. The van der Waals surface area contributed by atoms with Crippen molar-refractivity contribution in [3.05, 3.63) is 0 Å². The predicted octanol–water partition coefficient (Wildman–Crippen LogP) is 0.842. The van der Waals surface area contributed by atoms with Crippen LogP contribution in [0.2, 0.25) is 0 Å². The molecular formula is C11H22F3N3O. The van der Waals surface area contributed by atoms with Gasteiger partial charge < -0.3 is 15.5 Å². The van der Waals surface area contributed by atoms with Gasteiger partial charge in [-0.15, -0.1) is 0 Å². The van der Waals surface area contributed by atoms with Gasteiger partial charge in [-0.1, -0.05) is 13.8 Å². The van der Waals surface area contributed by atoms with Crippen LogP contribution in [-0.2, 0) is 4.79 Å². The Hall–Kier alpha value is -0.820. The Balaban J connectivity index is 3.80. The molecule has 0 saturated heterocycles. The molecule has 4 nitrogen and oxygen atoms in total. The summed E-state index contributed by atoms with van der Waals surface area (Å²) in [7, 11) is 3.88. The number of rotatable bonds is 7. The lowest BCUT2D eigenvalue weighted by Gasteiger charge is -2.28. The average Bonchev–Trinajstić information content (AvgIpc) is 2.11. The van der Waals surface area contributed by atoms with Gasteiger partial charge in [-0.05, 0) is 19.5 Å². The van der Waals surface area contributed by atoms with Crippen LogP contribution in [0.5, 0.6) is 0 Å². The van der Waals surface area contributed by atoms with Crippen molar-refractivity contribution >= 4 is 5.91 Å². The van der Waals surface area contributed by atoms with E-state index in [1.54, 1.807) is 0 Å². The molecule has 0 aromatic rings. The molecule has 0 rings (SSSR count). The Morgan fingerprint density at radius 1 is 1.17 bits per heavy atom. The number of hydrogen-bond acceptors (Lipinski definition) is 3. The number of nitrogens with zero attached hydrogens (tertiary/aromatic N) is 1. The molecule has 0 saturated carbocycles. The standard InChI is InChI=1S/C11H22F3N3O/c1-10(2,8-17(3)4)6-15-5-9(18)16-7-11(12,13)14/h15H,5-8H2,1-4H3,(H,16,18). The summed E-state index contributed by atoms with van der Waals surface area (Å²) in [5, 5.41) is 4.67. The smallest absolute Gasteiger partial charge is 0.346 e. The molecule has 7 heteroatoms. The van der Waals surface area contributed by atoms with E-state index in [4.69, 9.17) is 0 Å². The molecular weight excluding hydrogens is 247 g/mol. The highest BCUT2D eigenvalue weighted by Gasteiger charge is 2.27. The van der Waals surface area contributed by atoms with Crippen molar-refractivity contribution in [3.8, 4) is 0 Å². The summed E-state index contributed by atoms with van der Waals surface area (Å²) < 4.78 is 35.5. The molecule has 0 aromatic carbocycles. The van der Waals surface area contributed by atoms with Crippen LogP contribution in [-0.4, -0.2) is 57.3 Å². The number of carbonyl (C=O) groups excluding carboxylic acids is 1. The average molecular weight is 269 g/mol. The van der Waals surface area contributed by atoms with Gasteiger partial charge in [-0.2, -0.15) is 13.2 Å². The monoisotopic (exact) mass is 269 g/mol. The molecule has 0 unspecified atom stereocenters. The minimum absolute atomic E-state index is 0.0478. The summed E-state index contributed by atoms with van der Waals surface area (Å²) in [6, 6.07) is 0. The fourth-order valence-electron chi connectivity index (χ4n) is 1.69. The van der Waals surface area contributed by atoms with Crippen LogP contribution in [0.25, 0.3) is 0 Å². The van der Waals surface area contributed by atoms with Crippen LogP contribution in [0.3, 0.4) is 0 Å². The topological polar surface area (TPSA) is 44.4 Å². The maximum atomic E-state index is 11.8. The molecule has 2 N–H and O–H groups in total. The van der Waals surface area contributed by atoms with Gasteiger partial charge in [-0.25, -0.2) is 0 Å². The molecule has 108 valence electrons. The normalized spacial score (nSPS) is 12.9. The number of carbonyl (C=O) groups is 1. The highest BCUT2D eigenvalue weighted by molar-refractivity contribution is 5.77. The van der Waals surface area contributed by atoms with Gasteiger partial charge in [0.05, 0.1) is 6.54 Å². The van der Waals surface area contributed by atoms with E-state index in [2.05, 4.69) is 5.32 Å². The van der Waals surface area contributed by atoms with Crippen molar-refractivity contribution in [1.82, 2.24) is 15.5 Å². The van der Waals surface area contributed by atoms with Crippen molar-refractivity contribution in [2.45, 2.75) is 20.0 Å². The van der Waals surface area contributed by atoms with Gasteiger partial charge >= 0.3 is 6.18 Å². The molecule has 0 aliphatic carbocycles. The molecule has 0 spiro atoms. The quantitative estimate of drug-likeness (QED) is 0.720. The molecule has 0 bridgehead atoms. The van der Waals surface area contributed by atoms with Crippen molar-refractivity contribution in [3.63, 3.8) is 0 Å². The molecule has 0 fully saturated rings. The van der Waals surface area contributed by atoms with Crippen molar-refractivity contribution < 1.29 is 18.0 Å². The molecule has 0 aromatic heterocycles. The van der Waals surface area contributed by atoms with E-state index in [1.165, 1.54) is 0 Å². The Labute approximate surface area is 106 Å². The first-order valence-electron chi connectivity index (χ1n) is 5.71. The number of amides is 1. The summed E-state index contributed by atoms with van der Waals surface area (Å²) in [5.41, 5.74) is -0.0478. The molecule has 18 heavy (non-hydrogen) atoms. The fourth-order valence-corrected chi connectivity index (χ4v) is 1.69. The van der Waals surface area contributed by atoms with Crippen LogP contribution in [0.1, 0.15) is 13.8 Å². The second-order valence-corrected chi connectivity index (χ2v) is 5.40. The van der Waals surface area contributed by atoms with Gasteiger partial charge in [0.2, 0.25) is 5.91 Å². The molecule has 0 aliphatic rings. The van der Waals surface area contributed by atoms with Crippen molar-refractivity contribution in [1.29, 1.82) is 0 Å². The number of hydrogen-bond donors (Lipinski definition) is 2. The number of nitrogens with one attached hydrogen (secondary N) is 2. The lowest BCUT2D eigenvalue weighted by atomic mass is 9.93. The number of alkyl halides is 3. The Morgan fingerprint density at radius 2 is 1.72 bits per heavy atom. The highest BCUT2D eigenvalue weighted by Crippen LogP contribution is 2.14. The van der Waals surface area contributed by atoms with E-state index in [-0.39, 0.29) is 12.0 Å². The summed E-state index contributed by atoms with van der Waals surface area (Å²) in [6.07, 6.45) is -4.36. The van der Waals surface area contributed by atoms with Crippen LogP contribution < -0.4 is 10.6 Å². The maximum Gasteiger partial charge on any atom is 0.405 e. The first kappa shape index (κ1) is 17.2. The van der Waals surface area contributed by atoms with E-state index >= 15 is 0 Å². The zero-order valence-corrected chi connectivity index (χ0v) is 11.3. The highest BCUT2D eigenvalue weighted by atomic mass is 19.4. The van der Waals surface area contributed by atoms with Crippen molar-refractivity contribution in [2.75, 3.05) is 40.3 Å². The molecule has 0 aliphatic heterocycles. The van der Waals surface area contributed by atoms with E-state index in [1.807, 2.05) is 38.2 Å². The Morgan fingerprint density at radius 3 is 2.17 bits per heavy atom. The molecule has 0 radical (unpaired) electrons. The van der Waals surface area contributed by atoms with Crippen LogP contribution in [0.4, 0.5) is 13.2 Å². The summed E-state index contributed by atoms with van der Waals surface area (Å²) in [6.45, 7) is 4.04. The van der Waals surface area contributed by atoms with E-state index in [0.29, 0.717) is 6.54 Å². The largest absolute Gasteiger partial charge is 0.405 e. The molecule has 0 atom stereocenters. The van der Waals surface area contributed by atoms with E-state index in [9.17, 15) is 18.0 Å². The lowest BCUT2D eigenvalue weighted by Crippen LogP contribution is -2.43. The zero-order chi connectivity index (χ0) is 14.4. The van der Waals surface area contributed by atoms with Crippen molar-refractivity contribution in [2.24, 2.45) is 5.41 Å². The molecule has 1 amide bonds. The summed E-state index contributed by atoms with van der Waals surface area (Å²) >= 11 is 0. The van der Waals surface area contributed by atoms with E-state index in [0.717, 1.165) is 6.54 Å². The first-order valence-corrected chi connectivity index (χ1v) is 5.71. The second-order valence-electron chi connectivity index (χ2n) is 5.40. The van der Waals surface area contributed by atoms with Gasteiger partial charge in [0.25, 0.3) is 0 Å². The van der Waals surface area contributed by atoms with Gasteiger partial charge in [0.15, 0.2) is 0 Å². The number of halogens is 3. The Kier molecular flexibility index (Phi) is 6.62. The van der Waals surface area contributed by atoms with Crippen LogP contribution in [0.15, 0.2) is 0 Å².